The van der Waals surface area contributed by atoms with Crippen molar-refractivity contribution in [3.05, 3.63) is 11.6 Å². The predicted molar refractivity (Wildman–Crippen MR) is 438 cm³/mol. The molecule has 0 aromatic carbocycles. The first-order chi connectivity index (χ1) is 64.3. The lowest BCUT2D eigenvalue weighted by Gasteiger charge is -2.70. The molecule has 4 saturated carbocycles. The second kappa shape index (κ2) is 41.5. The van der Waals surface area contributed by atoms with Crippen LogP contribution in [0, 0.1) is 50.2 Å². The lowest BCUT2D eigenvalue weighted by Crippen LogP contribution is -2.69. The van der Waals surface area contributed by atoms with E-state index in [9.17, 15) is 143 Å². The average molecular weight is 1970 g/mol. The topological polar surface area (TPSA) is 764 Å². The molecule has 0 spiro atoms. The number of allylic oxidation sites excluding steroid dienone is 1. The maximum Gasteiger partial charge on any atom is 0.187 e. The normalized spacial score (nSPS) is 56.4. The van der Waals surface area contributed by atoms with Crippen molar-refractivity contribution < 1.29 is 242 Å². The number of epoxide rings is 1. The van der Waals surface area contributed by atoms with Gasteiger partial charge < -0.3 is 242 Å². The summed E-state index contributed by atoms with van der Waals surface area (Å²) in [6, 6.07) is 0. The van der Waals surface area contributed by atoms with Crippen LogP contribution in [-0.4, -0.2) is 516 Å². The molecule has 16 rings (SSSR count). The van der Waals surface area contributed by atoms with E-state index in [0.29, 0.717) is 38.5 Å². The minimum absolute atomic E-state index is 0.00729. The molecule has 15 fully saturated rings. The molecule has 0 radical (unpaired) electrons. The summed E-state index contributed by atoms with van der Waals surface area (Å²) in [4.78, 5) is 0. The van der Waals surface area contributed by atoms with Crippen LogP contribution in [0.4, 0.5) is 0 Å². The summed E-state index contributed by atoms with van der Waals surface area (Å²) in [5.74, 6) is -0.101. The molecule has 11 heterocycles. The Morgan fingerprint density at radius 3 is 1.24 bits per heavy atom. The Bertz CT molecular complexity index is 3950. The third-order valence-electron chi connectivity index (χ3n) is 33.6. The van der Waals surface area contributed by atoms with Gasteiger partial charge in [-0.2, -0.15) is 0 Å². The number of hydrogen-bond acceptors (Lipinski definition) is 49. The van der Waals surface area contributed by atoms with Gasteiger partial charge in [0, 0.05) is 17.4 Å². The maximum atomic E-state index is 13.4. The van der Waals surface area contributed by atoms with Crippen LogP contribution >= 0.6 is 0 Å². The van der Waals surface area contributed by atoms with Crippen LogP contribution in [0.2, 0.25) is 0 Å². The molecule has 0 amide bonds. The van der Waals surface area contributed by atoms with E-state index in [2.05, 4.69) is 47.6 Å². The Morgan fingerprint density at radius 1 is 0.316 bits per heavy atom. The van der Waals surface area contributed by atoms with Gasteiger partial charge in [-0.15, -0.1) is 0 Å². The fraction of sp³-hybridized carbons (Fsp3) is 0.977. The van der Waals surface area contributed by atoms with Gasteiger partial charge in [-0.3, -0.25) is 0 Å². The highest BCUT2D eigenvalue weighted by atomic mass is 16.8. The monoisotopic (exact) mass is 1970 g/mol. The fourth-order valence-electron chi connectivity index (χ4n) is 25.0. The molecule has 784 valence electrons. The van der Waals surface area contributed by atoms with E-state index in [1.165, 1.54) is 19.4 Å². The molecule has 11 saturated heterocycles. The van der Waals surface area contributed by atoms with Gasteiger partial charge in [0.15, 0.2) is 62.9 Å². The van der Waals surface area contributed by atoms with Gasteiger partial charge in [0.1, 0.15) is 214 Å². The molecule has 0 unspecified atom stereocenters. The standard InChI is InChI=1S/C87H142O49/c1-28-43(96)52(105)58(111)73(119-28)129-63-37(22-92)125-77(62(115)65(63)131-75-60(113)54(107)46(99)33(18-88)121-75)130-64-49(102)36(21-91)124-81(69(64)135-72-57(110)45(98)32(95)23-116-72)127-39-25-118-79(67(51(39)104)132-76-61(114)55(108)47(100)34(19-89)122-76)134-66-50(103)38(126-80-68(56(109)48(101)35(20-90)123-80)133-74-59(112)53(106)44(97)29(2)120-74)24-117-78(66)128-42-12-13-84(6)40(82(42,3)4)11-14-85(7)41(84)10-9-30-31-17-83(5,26-93)15-16-87(31,27-94)71-70(136-71)86(30,85)8/h9,28-29,31-81,88-115H,10-27H2,1-8H3/t28-,29-,31-,32+,33+,34+,35+,36+,37+,38-,39-,40-,41+,42-,43-,44-,45-,46+,47+,48+,49+,50-,51-,52+,53+,54-,55-,56-,57+,58+,59+,60+,61+,62+,63+,64-,65+,66+,67+,68+,69+,70-,71+,72-,73-,74-,75-,76-,77-,78-,79-,80-,81-,83-,84-,85+,86-,87+/m0/s1. The van der Waals surface area contributed by atoms with Crippen molar-refractivity contribution in [1.82, 2.24) is 0 Å². The summed E-state index contributed by atoms with van der Waals surface area (Å²) in [6.07, 6.45) is -88.9. The highest BCUT2D eigenvalue weighted by Gasteiger charge is 2.79. The first-order valence-corrected chi connectivity index (χ1v) is 47.2. The van der Waals surface area contributed by atoms with Crippen molar-refractivity contribution in [1.29, 1.82) is 0 Å². The molecule has 58 atom stereocenters. The quantitative estimate of drug-likeness (QED) is 0.0206. The van der Waals surface area contributed by atoms with Gasteiger partial charge in [0.05, 0.1) is 90.0 Å². The average Bonchev–Trinajstić information content (AvgIpc) is 1.48. The van der Waals surface area contributed by atoms with E-state index in [-0.39, 0.29) is 54.0 Å². The molecule has 0 aromatic heterocycles. The zero-order valence-electron chi connectivity index (χ0n) is 76.5. The van der Waals surface area contributed by atoms with Crippen molar-refractivity contribution in [2.24, 2.45) is 50.2 Å². The summed E-state index contributed by atoms with van der Waals surface area (Å²) >= 11 is 0. The number of aliphatic hydroxyl groups is 28. The SMILES string of the molecule is C[C@@H]1O[C@@H](O[C@H]2[C@H](O[C@H]3CO[C@@H](O[C@H]4CC[C@]5(C)[C@H]6CC=C7[C@@H]8C[C@@](C)(CO)CC[C@]8(CO)[C@@H]8O[C@@H]8[C@@]7(C)[C@]6(C)CC[C@H]5C4(C)C)[C@H](O[C@@H]4OC[C@H](O[C@@H]5O[C@H](CO)[C@@H](O)[C@H](O[C@@H]6O[C@H](CO)[C@@H](O[C@@H]7O[C@@H](C)[C@H](O)[C@@H](O)[C@H]7O)[C@H](O[C@@H]7O[C@H](CO)[C@@H](O)[C@H](O)[C@H]7O)[C@H]6O)[C@H]5O[C@@H]5OC[C@@H](O)[C@H](O)[C@H]5O)[C@H](O)[C@H]4O[C@@H]4O[C@H](CO)[C@@H](O)[C@H](O)[C@H]4O)[C@H]3O)O[C@H](CO)[C@@H](O)[C@@H]2O)[C@H](O)[C@H](O)[C@H]1O. The van der Waals surface area contributed by atoms with E-state index in [1.54, 1.807) is 0 Å². The molecule has 16 aliphatic rings. The van der Waals surface area contributed by atoms with Crippen molar-refractivity contribution in [2.45, 2.75) is 414 Å². The first-order valence-electron chi connectivity index (χ1n) is 47.2. The minimum atomic E-state index is -2.47. The van der Waals surface area contributed by atoms with Gasteiger partial charge >= 0.3 is 0 Å². The van der Waals surface area contributed by atoms with E-state index in [0.717, 1.165) is 12.8 Å². The summed E-state index contributed by atoms with van der Waals surface area (Å²) in [6.45, 7) is 7.91. The molecule has 49 nitrogen and oxygen atoms in total. The second-order valence-corrected chi connectivity index (χ2v) is 41.8. The van der Waals surface area contributed by atoms with Crippen LogP contribution in [0.25, 0.3) is 0 Å². The van der Waals surface area contributed by atoms with Crippen LogP contribution in [0.15, 0.2) is 11.6 Å². The molecule has 136 heavy (non-hydrogen) atoms. The lowest BCUT2D eigenvalue weighted by atomic mass is 9.33. The molecule has 0 bridgehead atoms. The molecule has 49 heteroatoms. The van der Waals surface area contributed by atoms with Gasteiger partial charge in [-0.05, 0) is 105 Å². The van der Waals surface area contributed by atoms with E-state index >= 15 is 0 Å². The van der Waals surface area contributed by atoms with E-state index < -0.39 is 369 Å². The summed E-state index contributed by atoms with van der Waals surface area (Å²) in [5, 5.41) is 317. The van der Waals surface area contributed by atoms with Crippen molar-refractivity contribution >= 4 is 0 Å². The molecule has 0 aromatic rings. The molecular formula is C87H142O49. The lowest BCUT2D eigenvalue weighted by molar-refractivity contribution is -0.417. The van der Waals surface area contributed by atoms with Crippen LogP contribution in [-0.2, 0) is 99.5 Å². The Hall–Kier alpha value is -2.22. The Labute approximate surface area is 781 Å². The molecule has 28 N–H and O–H groups in total. The van der Waals surface area contributed by atoms with Crippen LogP contribution in [0.3, 0.4) is 0 Å². The number of rotatable bonds is 27. The van der Waals surface area contributed by atoms with Crippen LogP contribution in [0.5, 0.6) is 0 Å². The highest BCUT2D eigenvalue weighted by Crippen LogP contribution is 2.79. The Balaban J connectivity index is 0.728. The zero-order valence-corrected chi connectivity index (χ0v) is 76.5. The van der Waals surface area contributed by atoms with Crippen LogP contribution < -0.4 is 0 Å². The molecule has 5 aliphatic carbocycles. The summed E-state index contributed by atoms with van der Waals surface area (Å²) in [7, 11) is 0. The number of aliphatic hydroxyl groups excluding tert-OH is 28. The third kappa shape index (κ3) is 18.7. The summed E-state index contributed by atoms with van der Waals surface area (Å²) < 4.78 is 132. The smallest absolute Gasteiger partial charge is 0.187 e. The highest BCUT2D eigenvalue weighted by molar-refractivity contribution is 5.40. The third-order valence-corrected chi connectivity index (χ3v) is 33.6. The Kier molecular flexibility index (Phi) is 32.5. The van der Waals surface area contributed by atoms with Crippen molar-refractivity contribution in [3.8, 4) is 0 Å². The van der Waals surface area contributed by atoms with Gasteiger partial charge in [-0.25, -0.2) is 0 Å². The predicted octanol–water partition coefficient (Wildman–Crippen LogP) is -12.7. The Morgan fingerprint density at radius 2 is 0.728 bits per heavy atom. The van der Waals surface area contributed by atoms with Crippen LogP contribution in [0.1, 0.15) is 107 Å². The van der Waals surface area contributed by atoms with Crippen molar-refractivity contribution in [3.63, 3.8) is 0 Å². The first kappa shape index (κ1) is 107. The second-order valence-electron chi connectivity index (χ2n) is 41.8. The van der Waals surface area contributed by atoms with Crippen molar-refractivity contribution in [2.75, 3.05) is 66.1 Å². The van der Waals surface area contributed by atoms with E-state index in [1.807, 2.05) is 0 Å². The van der Waals surface area contributed by atoms with Gasteiger partial charge in [-0.1, -0.05) is 53.2 Å². The minimum Gasteiger partial charge on any atom is -0.396 e. The summed E-state index contributed by atoms with van der Waals surface area (Å²) in [5.41, 5.74) is -1.65. The zero-order chi connectivity index (χ0) is 98.5. The van der Waals surface area contributed by atoms with E-state index in [4.69, 9.17) is 99.5 Å². The van der Waals surface area contributed by atoms with Gasteiger partial charge in [0.25, 0.3) is 0 Å². The maximum absolute atomic E-state index is 13.4. The number of fused-ring (bicyclic) bond motifs is 10. The largest absolute Gasteiger partial charge is 0.396 e. The number of ether oxygens (including phenoxy) is 21. The number of hydrogen-bond donors (Lipinski definition) is 28. The van der Waals surface area contributed by atoms with Gasteiger partial charge in [0.2, 0.25) is 0 Å². The fourth-order valence-corrected chi connectivity index (χ4v) is 25.0. The molecular weight excluding hydrogens is 1830 g/mol. The molecule has 11 aliphatic heterocycles.